The molecule has 3 amide bonds. The van der Waals surface area contributed by atoms with Gasteiger partial charge >= 0.3 is 6.03 Å². The van der Waals surface area contributed by atoms with Crippen LogP contribution in [0.25, 0.3) is 0 Å². The minimum absolute atomic E-state index is 0.204. The predicted molar refractivity (Wildman–Crippen MR) is 39.9 cm³/mol. The van der Waals surface area contributed by atoms with Crippen LogP contribution in [0.2, 0.25) is 0 Å². The van der Waals surface area contributed by atoms with Crippen LogP contribution in [0.4, 0.5) is 4.79 Å². The Kier molecular flexibility index (Phi) is 2.12. The van der Waals surface area contributed by atoms with Gasteiger partial charge in [-0.2, -0.15) is 0 Å². The lowest BCUT2D eigenvalue weighted by molar-refractivity contribution is -0.121. The number of imide groups is 1. The van der Waals surface area contributed by atoms with E-state index < -0.39 is 0 Å². The highest BCUT2D eigenvalue weighted by Gasteiger charge is 2.32. The van der Waals surface area contributed by atoms with E-state index in [1.165, 1.54) is 0 Å². The summed E-state index contributed by atoms with van der Waals surface area (Å²) in [5, 5.41) is 4.75. The molecule has 0 bridgehead atoms. The summed E-state index contributed by atoms with van der Waals surface area (Å²) in [4.78, 5) is 21.6. The molecule has 1 saturated heterocycles. The summed E-state index contributed by atoms with van der Waals surface area (Å²) in [6.45, 7) is 3.93. The number of rotatable bonds is 2. The molecule has 2 atom stereocenters. The molecule has 0 aromatic heterocycles. The summed E-state index contributed by atoms with van der Waals surface area (Å²) in [6.07, 6.45) is 0.887. The fraction of sp³-hybridized carbons (Fsp3) is 0.714. The summed E-state index contributed by atoms with van der Waals surface area (Å²) in [6, 6.07) is -0.701. The third-order valence-electron chi connectivity index (χ3n) is 2.02. The minimum Gasteiger partial charge on any atom is -0.326 e. The van der Waals surface area contributed by atoms with E-state index in [0.29, 0.717) is 0 Å². The van der Waals surface area contributed by atoms with Crippen molar-refractivity contribution in [2.24, 2.45) is 5.92 Å². The molecule has 1 aliphatic rings. The van der Waals surface area contributed by atoms with Crippen LogP contribution in [0.15, 0.2) is 0 Å². The molecular formula is C7H12N2O2. The standard InChI is InChI=1S/C7H12N2O2/c1-3-4(2)5-6(10)9-7(11)8-5/h4-5H,3H2,1-2H3,(H2,8,9,10,11)/t4-,5-/m0/s1. The van der Waals surface area contributed by atoms with Crippen molar-refractivity contribution in [3.63, 3.8) is 0 Å². The van der Waals surface area contributed by atoms with Crippen molar-refractivity contribution in [1.82, 2.24) is 10.6 Å². The van der Waals surface area contributed by atoms with Gasteiger partial charge in [-0.3, -0.25) is 10.1 Å². The molecule has 0 radical (unpaired) electrons. The quantitative estimate of drug-likeness (QED) is 0.563. The molecule has 0 saturated carbocycles. The summed E-state index contributed by atoms with van der Waals surface area (Å²) in [7, 11) is 0. The largest absolute Gasteiger partial charge is 0.326 e. The van der Waals surface area contributed by atoms with Crippen molar-refractivity contribution in [2.75, 3.05) is 0 Å². The maximum absolute atomic E-state index is 11.0. The van der Waals surface area contributed by atoms with Crippen molar-refractivity contribution in [1.29, 1.82) is 0 Å². The first kappa shape index (κ1) is 8.04. The van der Waals surface area contributed by atoms with Gasteiger partial charge in [0.2, 0.25) is 0 Å². The first-order chi connectivity index (χ1) is 5.15. The molecule has 62 valence electrons. The number of carbonyl (C=O) groups is 2. The Morgan fingerprint density at radius 1 is 1.55 bits per heavy atom. The van der Waals surface area contributed by atoms with Gasteiger partial charge in [-0.1, -0.05) is 20.3 Å². The zero-order valence-electron chi connectivity index (χ0n) is 6.68. The van der Waals surface area contributed by atoms with Gasteiger partial charge in [0.15, 0.2) is 0 Å². The smallest absolute Gasteiger partial charge is 0.322 e. The molecule has 1 fully saturated rings. The average Bonchev–Trinajstić information content (AvgIpc) is 2.28. The van der Waals surface area contributed by atoms with Crippen LogP contribution in [-0.4, -0.2) is 18.0 Å². The van der Waals surface area contributed by atoms with Crippen LogP contribution in [0.5, 0.6) is 0 Å². The highest BCUT2D eigenvalue weighted by Crippen LogP contribution is 2.10. The Balaban J connectivity index is 2.59. The number of amides is 3. The number of urea groups is 1. The van der Waals surface area contributed by atoms with Crippen LogP contribution in [0.1, 0.15) is 20.3 Å². The number of carbonyl (C=O) groups excluding carboxylic acids is 2. The lowest BCUT2D eigenvalue weighted by Gasteiger charge is -2.13. The lowest BCUT2D eigenvalue weighted by atomic mass is 10.00. The Morgan fingerprint density at radius 3 is 2.55 bits per heavy atom. The monoisotopic (exact) mass is 156 g/mol. The molecular weight excluding hydrogens is 144 g/mol. The van der Waals surface area contributed by atoms with E-state index in [4.69, 9.17) is 0 Å². The van der Waals surface area contributed by atoms with Crippen molar-refractivity contribution < 1.29 is 9.59 Å². The number of nitrogens with one attached hydrogen (secondary N) is 2. The molecule has 1 rings (SSSR count). The minimum atomic E-state index is -0.375. The third-order valence-corrected chi connectivity index (χ3v) is 2.02. The Hall–Kier alpha value is -1.06. The molecule has 4 heteroatoms. The molecule has 0 aliphatic carbocycles. The van der Waals surface area contributed by atoms with Crippen LogP contribution in [0, 0.1) is 5.92 Å². The predicted octanol–water partition coefficient (Wildman–Crippen LogP) is 0.241. The SMILES string of the molecule is CC[C@H](C)[C@@H]1NC(=O)NC1=O. The molecule has 4 nitrogen and oxygen atoms in total. The van der Waals surface area contributed by atoms with E-state index in [1.807, 2.05) is 13.8 Å². The van der Waals surface area contributed by atoms with Crippen molar-refractivity contribution in [3.8, 4) is 0 Å². The summed E-state index contributed by atoms with van der Waals surface area (Å²) >= 11 is 0. The topological polar surface area (TPSA) is 58.2 Å². The first-order valence-electron chi connectivity index (χ1n) is 3.76. The van der Waals surface area contributed by atoms with Crippen molar-refractivity contribution in [2.45, 2.75) is 26.3 Å². The van der Waals surface area contributed by atoms with Crippen LogP contribution >= 0.6 is 0 Å². The first-order valence-corrected chi connectivity index (χ1v) is 3.76. The summed E-state index contributed by atoms with van der Waals surface area (Å²) in [5.74, 6) is 0.00537. The van der Waals surface area contributed by atoms with E-state index in [9.17, 15) is 9.59 Å². The number of hydrogen-bond acceptors (Lipinski definition) is 2. The maximum Gasteiger partial charge on any atom is 0.322 e. The fourth-order valence-corrected chi connectivity index (χ4v) is 1.07. The second-order valence-electron chi connectivity index (χ2n) is 2.83. The van der Waals surface area contributed by atoms with Gasteiger partial charge in [-0.25, -0.2) is 4.79 Å². The Bertz CT molecular complexity index is 191. The molecule has 1 aliphatic heterocycles. The summed E-state index contributed by atoms with van der Waals surface area (Å²) in [5.41, 5.74) is 0. The van der Waals surface area contributed by atoms with Gasteiger partial charge in [-0.15, -0.1) is 0 Å². The van der Waals surface area contributed by atoms with Crippen molar-refractivity contribution >= 4 is 11.9 Å². The van der Waals surface area contributed by atoms with Crippen LogP contribution in [-0.2, 0) is 4.79 Å². The van der Waals surface area contributed by atoms with E-state index in [0.717, 1.165) is 6.42 Å². The molecule has 11 heavy (non-hydrogen) atoms. The molecule has 0 aromatic rings. The fourth-order valence-electron chi connectivity index (χ4n) is 1.07. The lowest BCUT2D eigenvalue weighted by Crippen LogP contribution is -2.35. The normalized spacial score (nSPS) is 26.2. The maximum atomic E-state index is 11.0. The van der Waals surface area contributed by atoms with Gasteiger partial charge in [-0.05, 0) is 5.92 Å². The van der Waals surface area contributed by atoms with Gasteiger partial charge in [0.1, 0.15) is 6.04 Å². The van der Waals surface area contributed by atoms with Crippen molar-refractivity contribution in [3.05, 3.63) is 0 Å². The van der Waals surface area contributed by atoms with Gasteiger partial charge in [0, 0.05) is 0 Å². The second-order valence-corrected chi connectivity index (χ2v) is 2.83. The molecule has 0 aromatic carbocycles. The van der Waals surface area contributed by atoms with Gasteiger partial charge < -0.3 is 5.32 Å². The Labute approximate surface area is 65.3 Å². The van der Waals surface area contributed by atoms with E-state index in [1.54, 1.807) is 0 Å². The average molecular weight is 156 g/mol. The molecule has 2 N–H and O–H groups in total. The Morgan fingerprint density at radius 2 is 2.18 bits per heavy atom. The highest BCUT2D eigenvalue weighted by atomic mass is 16.2. The molecule has 0 spiro atoms. The summed E-state index contributed by atoms with van der Waals surface area (Å²) < 4.78 is 0. The van der Waals surface area contributed by atoms with Gasteiger partial charge in [0.25, 0.3) is 5.91 Å². The van der Waals surface area contributed by atoms with Crippen LogP contribution in [0.3, 0.4) is 0 Å². The second kappa shape index (κ2) is 2.90. The highest BCUT2D eigenvalue weighted by molar-refractivity contribution is 6.04. The molecule has 0 unspecified atom stereocenters. The van der Waals surface area contributed by atoms with Crippen LogP contribution < -0.4 is 10.6 Å². The third kappa shape index (κ3) is 1.50. The van der Waals surface area contributed by atoms with E-state index >= 15 is 0 Å². The molecule has 1 heterocycles. The van der Waals surface area contributed by atoms with E-state index in [2.05, 4.69) is 10.6 Å². The van der Waals surface area contributed by atoms with E-state index in [-0.39, 0.29) is 23.9 Å². The van der Waals surface area contributed by atoms with Gasteiger partial charge in [0.05, 0.1) is 0 Å². The zero-order chi connectivity index (χ0) is 8.43. The zero-order valence-corrected chi connectivity index (χ0v) is 6.68. The number of hydrogen-bond donors (Lipinski definition) is 2.